The molecule has 0 amide bonds. The van der Waals surface area contributed by atoms with Crippen molar-refractivity contribution in [1.29, 1.82) is 0 Å². The minimum absolute atomic E-state index is 0.0451. The Morgan fingerprint density at radius 3 is 2.53 bits per heavy atom. The van der Waals surface area contributed by atoms with E-state index in [-0.39, 0.29) is 11.8 Å². The van der Waals surface area contributed by atoms with Gasteiger partial charge < -0.3 is 4.90 Å². The van der Waals surface area contributed by atoms with Crippen LogP contribution in [-0.4, -0.2) is 39.5 Å². The second-order valence-corrected chi connectivity index (χ2v) is 7.18. The Bertz CT molecular complexity index is 499. The van der Waals surface area contributed by atoms with E-state index in [4.69, 9.17) is 0 Å². The van der Waals surface area contributed by atoms with E-state index >= 15 is 0 Å². The van der Waals surface area contributed by atoms with E-state index in [1.165, 1.54) is 0 Å². The van der Waals surface area contributed by atoms with Crippen molar-refractivity contribution in [2.75, 3.05) is 14.1 Å². The molecule has 0 heterocycles. The van der Waals surface area contributed by atoms with Crippen LogP contribution in [0.2, 0.25) is 0 Å². The van der Waals surface area contributed by atoms with E-state index in [1.54, 1.807) is 0 Å². The Labute approximate surface area is 115 Å². The smallest absolute Gasteiger partial charge is 0.216 e. The number of sulfonamides is 1. The van der Waals surface area contributed by atoms with Crippen molar-refractivity contribution in [3.05, 3.63) is 35.9 Å². The summed E-state index contributed by atoms with van der Waals surface area (Å²) in [6.45, 7) is 0. The molecule has 4 nitrogen and oxygen atoms in total. The van der Waals surface area contributed by atoms with Gasteiger partial charge in [0.1, 0.15) is 0 Å². The van der Waals surface area contributed by atoms with Gasteiger partial charge in [-0.1, -0.05) is 36.8 Å². The van der Waals surface area contributed by atoms with Gasteiger partial charge in [0.2, 0.25) is 10.0 Å². The van der Waals surface area contributed by atoms with Crippen molar-refractivity contribution < 1.29 is 8.42 Å². The van der Waals surface area contributed by atoms with Crippen LogP contribution in [-0.2, 0) is 15.8 Å². The first-order chi connectivity index (χ1) is 8.98. The molecular weight excluding hydrogens is 260 g/mol. The van der Waals surface area contributed by atoms with E-state index in [1.807, 2.05) is 44.4 Å². The first-order valence-electron chi connectivity index (χ1n) is 6.68. The van der Waals surface area contributed by atoms with Crippen molar-refractivity contribution in [2.24, 2.45) is 0 Å². The SMILES string of the molecule is CN(C)[C@H]1CCC[C@@H]1NS(=O)(=O)Cc1ccccc1. The van der Waals surface area contributed by atoms with Gasteiger partial charge in [-0.3, -0.25) is 0 Å². The van der Waals surface area contributed by atoms with Crippen LogP contribution in [0.1, 0.15) is 24.8 Å². The van der Waals surface area contributed by atoms with Crippen LogP contribution in [0.5, 0.6) is 0 Å². The fraction of sp³-hybridized carbons (Fsp3) is 0.571. The van der Waals surface area contributed by atoms with Gasteiger partial charge in [0, 0.05) is 12.1 Å². The molecule has 0 spiro atoms. The number of nitrogens with zero attached hydrogens (tertiary/aromatic N) is 1. The standard InChI is InChI=1S/C14H22N2O2S/c1-16(2)14-10-6-9-13(14)15-19(17,18)11-12-7-4-3-5-8-12/h3-5,7-8,13-15H,6,9-11H2,1-2H3/t13-,14-/m0/s1. The molecule has 1 aliphatic rings. The molecule has 0 unspecified atom stereocenters. The predicted octanol–water partition coefficient (Wildman–Crippen LogP) is 1.59. The highest BCUT2D eigenvalue weighted by atomic mass is 32.2. The number of likely N-dealkylation sites (N-methyl/N-ethyl adjacent to an activating group) is 1. The van der Waals surface area contributed by atoms with Crippen molar-refractivity contribution in [3.63, 3.8) is 0 Å². The first-order valence-corrected chi connectivity index (χ1v) is 8.33. The molecule has 106 valence electrons. The highest BCUT2D eigenvalue weighted by Gasteiger charge is 2.31. The third kappa shape index (κ3) is 4.03. The van der Waals surface area contributed by atoms with E-state index < -0.39 is 10.0 Å². The molecule has 19 heavy (non-hydrogen) atoms. The number of rotatable bonds is 5. The van der Waals surface area contributed by atoms with E-state index in [0.717, 1.165) is 24.8 Å². The molecule has 1 saturated carbocycles. The molecule has 5 heteroatoms. The Morgan fingerprint density at radius 2 is 1.89 bits per heavy atom. The number of nitrogens with one attached hydrogen (secondary N) is 1. The third-order valence-electron chi connectivity index (χ3n) is 3.67. The first kappa shape index (κ1) is 14.5. The molecule has 1 aromatic rings. The number of hydrogen-bond donors (Lipinski definition) is 1. The zero-order valence-electron chi connectivity index (χ0n) is 11.5. The molecule has 0 aromatic heterocycles. The molecular formula is C14H22N2O2S. The highest BCUT2D eigenvalue weighted by Crippen LogP contribution is 2.23. The lowest BCUT2D eigenvalue weighted by molar-refractivity contribution is 0.267. The molecule has 0 aliphatic heterocycles. The van der Waals surface area contributed by atoms with Crippen LogP contribution in [0.3, 0.4) is 0 Å². The Morgan fingerprint density at radius 1 is 1.21 bits per heavy atom. The van der Waals surface area contributed by atoms with Crippen LogP contribution in [0.4, 0.5) is 0 Å². The zero-order chi connectivity index (χ0) is 13.9. The fourth-order valence-electron chi connectivity index (χ4n) is 2.76. The van der Waals surface area contributed by atoms with Crippen molar-refractivity contribution in [1.82, 2.24) is 9.62 Å². The maximum Gasteiger partial charge on any atom is 0.216 e. The summed E-state index contributed by atoms with van der Waals surface area (Å²) >= 11 is 0. The van der Waals surface area contributed by atoms with Gasteiger partial charge in [0.25, 0.3) is 0 Å². The van der Waals surface area contributed by atoms with Gasteiger partial charge in [0.05, 0.1) is 5.75 Å². The highest BCUT2D eigenvalue weighted by molar-refractivity contribution is 7.88. The van der Waals surface area contributed by atoms with Gasteiger partial charge in [-0.25, -0.2) is 13.1 Å². The minimum atomic E-state index is -3.26. The van der Waals surface area contributed by atoms with Gasteiger partial charge in [-0.2, -0.15) is 0 Å². The summed E-state index contributed by atoms with van der Waals surface area (Å²) in [5, 5.41) is 0. The largest absolute Gasteiger partial charge is 0.305 e. The second kappa shape index (κ2) is 6.03. The molecule has 1 fully saturated rings. The Balaban J connectivity index is 2.01. The summed E-state index contributed by atoms with van der Waals surface area (Å²) in [6, 6.07) is 9.66. The summed E-state index contributed by atoms with van der Waals surface area (Å²) < 4.78 is 27.3. The quantitative estimate of drug-likeness (QED) is 0.892. The van der Waals surface area contributed by atoms with Crippen molar-refractivity contribution in [3.8, 4) is 0 Å². The lowest BCUT2D eigenvalue weighted by Gasteiger charge is -2.26. The molecule has 0 radical (unpaired) electrons. The van der Waals surface area contributed by atoms with Crippen molar-refractivity contribution in [2.45, 2.75) is 37.1 Å². The average Bonchev–Trinajstić information content (AvgIpc) is 2.77. The van der Waals surface area contributed by atoms with E-state index in [9.17, 15) is 8.42 Å². The predicted molar refractivity (Wildman–Crippen MR) is 77.3 cm³/mol. The van der Waals surface area contributed by atoms with Gasteiger partial charge >= 0.3 is 0 Å². The van der Waals surface area contributed by atoms with Gasteiger partial charge in [0.15, 0.2) is 0 Å². The lowest BCUT2D eigenvalue weighted by atomic mass is 10.2. The maximum atomic E-state index is 12.2. The number of hydrogen-bond acceptors (Lipinski definition) is 3. The van der Waals surface area contributed by atoms with Crippen LogP contribution in [0.15, 0.2) is 30.3 Å². The maximum absolute atomic E-state index is 12.2. The van der Waals surface area contributed by atoms with Crippen molar-refractivity contribution >= 4 is 10.0 Å². The lowest BCUT2D eigenvalue weighted by Crippen LogP contribution is -2.46. The number of benzene rings is 1. The topological polar surface area (TPSA) is 49.4 Å². The third-order valence-corrected chi connectivity index (χ3v) is 5.05. The normalized spacial score (nSPS) is 23.9. The van der Waals surface area contributed by atoms with Gasteiger partial charge in [-0.05, 0) is 32.5 Å². The Hall–Kier alpha value is -0.910. The molecule has 2 rings (SSSR count). The summed E-state index contributed by atoms with van der Waals surface area (Å²) in [5.74, 6) is 0.0600. The molecule has 1 N–H and O–H groups in total. The summed E-state index contributed by atoms with van der Waals surface area (Å²) in [4.78, 5) is 2.11. The zero-order valence-corrected chi connectivity index (χ0v) is 12.4. The summed E-state index contributed by atoms with van der Waals surface area (Å²) in [7, 11) is 0.756. The summed E-state index contributed by atoms with van der Waals surface area (Å²) in [6.07, 6.45) is 3.07. The molecule has 1 aliphatic carbocycles. The van der Waals surface area contributed by atoms with E-state index in [2.05, 4.69) is 9.62 Å². The molecule has 0 bridgehead atoms. The van der Waals surface area contributed by atoms with Crippen LogP contribution < -0.4 is 4.72 Å². The molecule has 0 saturated heterocycles. The minimum Gasteiger partial charge on any atom is -0.305 e. The van der Waals surface area contributed by atoms with E-state index in [0.29, 0.717) is 6.04 Å². The van der Waals surface area contributed by atoms with Crippen LogP contribution in [0, 0.1) is 0 Å². The second-order valence-electron chi connectivity index (χ2n) is 5.43. The average molecular weight is 282 g/mol. The fourth-order valence-corrected chi connectivity index (χ4v) is 4.21. The monoisotopic (exact) mass is 282 g/mol. The Kier molecular flexibility index (Phi) is 4.60. The van der Waals surface area contributed by atoms with Crippen LogP contribution in [0.25, 0.3) is 0 Å². The van der Waals surface area contributed by atoms with Gasteiger partial charge in [-0.15, -0.1) is 0 Å². The van der Waals surface area contributed by atoms with Crippen LogP contribution >= 0.6 is 0 Å². The summed E-state index contributed by atoms with van der Waals surface area (Å²) in [5.41, 5.74) is 0.828. The molecule has 1 aromatic carbocycles. The molecule has 2 atom stereocenters.